The van der Waals surface area contributed by atoms with Gasteiger partial charge in [-0.25, -0.2) is 4.79 Å². The molecule has 1 atom stereocenters. The predicted octanol–water partition coefficient (Wildman–Crippen LogP) is 4.24. The van der Waals surface area contributed by atoms with Crippen LogP contribution >= 0.6 is 0 Å². The Bertz CT molecular complexity index is 696. The van der Waals surface area contributed by atoms with Crippen molar-refractivity contribution in [3.8, 4) is 11.5 Å². The van der Waals surface area contributed by atoms with Gasteiger partial charge in [0.05, 0.1) is 20.3 Å². The minimum absolute atomic E-state index is 0.0632. The lowest BCUT2D eigenvalue weighted by molar-refractivity contribution is 0.199. The Morgan fingerprint density at radius 3 is 1.92 bits per heavy atom. The van der Waals surface area contributed by atoms with E-state index in [-0.39, 0.29) is 18.0 Å². The van der Waals surface area contributed by atoms with Gasteiger partial charge in [0.25, 0.3) is 0 Å². The molecule has 0 fully saturated rings. The topological polar surface area (TPSA) is 50.8 Å². The van der Waals surface area contributed by atoms with Crippen molar-refractivity contribution in [2.75, 3.05) is 21.3 Å². The summed E-state index contributed by atoms with van der Waals surface area (Å²) in [6, 6.07) is 15.4. The second-order valence-electron chi connectivity index (χ2n) is 6.65. The maximum absolute atomic E-state index is 12.6. The van der Waals surface area contributed by atoms with Crippen LogP contribution < -0.4 is 14.8 Å². The van der Waals surface area contributed by atoms with Crippen molar-refractivity contribution in [1.29, 1.82) is 0 Å². The van der Waals surface area contributed by atoms with Crippen molar-refractivity contribution in [3.05, 3.63) is 59.7 Å². The highest BCUT2D eigenvalue weighted by Crippen LogP contribution is 2.24. The molecule has 2 aromatic rings. The molecule has 140 valence electrons. The van der Waals surface area contributed by atoms with Crippen LogP contribution in [0.25, 0.3) is 0 Å². The number of ether oxygens (including phenoxy) is 2. The van der Waals surface area contributed by atoms with Crippen LogP contribution in [0.3, 0.4) is 0 Å². The van der Waals surface area contributed by atoms with Gasteiger partial charge >= 0.3 is 6.03 Å². The molecule has 0 aliphatic carbocycles. The number of methoxy groups -OCH3 is 2. The summed E-state index contributed by atoms with van der Waals surface area (Å²) in [7, 11) is 5.08. The van der Waals surface area contributed by atoms with Crippen LogP contribution in [0, 0.1) is 5.92 Å². The summed E-state index contributed by atoms with van der Waals surface area (Å²) in [5.74, 6) is 1.88. The monoisotopic (exact) mass is 356 g/mol. The molecule has 0 unspecified atom stereocenters. The van der Waals surface area contributed by atoms with Gasteiger partial charge in [0.1, 0.15) is 11.5 Å². The van der Waals surface area contributed by atoms with Gasteiger partial charge in [-0.05, 0) is 41.3 Å². The Kier molecular flexibility index (Phi) is 6.89. The molecule has 0 aliphatic heterocycles. The normalized spacial score (nSPS) is 11.8. The van der Waals surface area contributed by atoms with Gasteiger partial charge in [0, 0.05) is 13.6 Å². The zero-order valence-electron chi connectivity index (χ0n) is 16.2. The van der Waals surface area contributed by atoms with E-state index in [1.165, 1.54) is 0 Å². The molecule has 2 aromatic carbocycles. The van der Waals surface area contributed by atoms with E-state index in [2.05, 4.69) is 19.2 Å². The average Bonchev–Trinajstić information content (AvgIpc) is 2.66. The Morgan fingerprint density at radius 2 is 1.46 bits per heavy atom. The van der Waals surface area contributed by atoms with Crippen molar-refractivity contribution in [2.45, 2.75) is 26.4 Å². The quantitative estimate of drug-likeness (QED) is 0.807. The van der Waals surface area contributed by atoms with Gasteiger partial charge in [-0.15, -0.1) is 0 Å². The van der Waals surface area contributed by atoms with Gasteiger partial charge in [0.2, 0.25) is 0 Å². The smallest absolute Gasteiger partial charge is 0.317 e. The number of amides is 2. The third-order valence-electron chi connectivity index (χ3n) is 4.35. The lowest BCUT2D eigenvalue weighted by atomic mass is 9.96. The first-order chi connectivity index (χ1) is 12.4. The molecule has 0 heterocycles. The van der Waals surface area contributed by atoms with Crippen LogP contribution in [-0.4, -0.2) is 32.2 Å². The fourth-order valence-electron chi connectivity index (χ4n) is 2.77. The van der Waals surface area contributed by atoms with Crippen molar-refractivity contribution in [3.63, 3.8) is 0 Å². The number of carbonyl (C=O) groups excluding carboxylic acids is 1. The number of urea groups is 1. The summed E-state index contributed by atoms with van der Waals surface area (Å²) in [4.78, 5) is 14.3. The molecule has 0 aromatic heterocycles. The molecule has 26 heavy (non-hydrogen) atoms. The lowest BCUT2D eigenvalue weighted by Gasteiger charge is -2.26. The van der Waals surface area contributed by atoms with Crippen molar-refractivity contribution >= 4 is 6.03 Å². The van der Waals surface area contributed by atoms with Crippen LogP contribution in [0.2, 0.25) is 0 Å². The second kappa shape index (κ2) is 9.13. The standard InChI is InChI=1S/C21H28N2O3/c1-15(2)20(17-8-12-19(26-5)13-9-17)22-21(24)23(3)14-16-6-10-18(25-4)11-7-16/h6-13,15,20H,14H2,1-5H3,(H,22,24)/t20-/m1/s1. The number of hydrogen-bond donors (Lipinski definition) is 1. The minimum Gasteiger partial charge on any atom is -0.497 e. The van der Waals surface area contributed by atoms with Gasteiger partial charge in [-0.2, -0.15) is 0 Å². The molecule has 5 nitrogen and oxygen atoms in total. The lowest BCUT2D eigenvalue weighted by Crippen LogP contribution is -2.40. The average molecular weight is 356 g/mol. The highest BCUT2D eigenvalue weighted by molar-refractivity contribution is 5.74. The molecule has 1 N–H and O–H groups in total. The molecular weight excluding hydrogens is 328 g/mol. The van der Waals surface area contributed by atoms with E-state index in [9.17, 15) is 4.79 Å². The number of nitrogens with zero attached hydrogens (tertiary/aromatic N) is 1. The first-order valence-corrected chi connectivity index (χ1v) is 8.73. The molecule has 2 rings (SSSR count). The summed E-state index contributed by atoms with van der Waals surface area (Å²) in [6.45, 7) is 4.72. The van der Waals surface area contributed by atoms with Gasteiger partial charge < -0.3 is 19.7 Å². The van der Waals surface area contributed by atoms with Crippen LogP contribution in [0.15, 0.2) is 48.5 Å². The first-order valence-electron chi connectivity index (χ1n) is 8.73. The summed E-state index contributed by atoms with van der Waals surface area (Å²) >= 11 is 0. The number of nitrogens with one attached hydrogen (secondary N) is 1. The fraction of sp³-hybridized carbons (Fsp3) is 0.381. The highest BCUT2D eigenvalue weighted by atomic mass is 16.5. The number of benzene rings is 2. The van der Waals surface area contributed by atoms with Crippen LogP contribution in [-0.2, 0) is 6.54 Å². The molecule has 0 bridgehead atoms. The van der Waals surface area contributed by atoms with E-state index in [1.54, 1.807) is 26.2 Å². The molecule has 0 radical (unpaired) electrons. The summed E-state index contributed by atoms with van der Waals surface area (Å²) in [5, 5.41) is 3.13. The highest BCUT2D eigenvalue weighted by Gasteiger charge is 2.20. The van der Waals surface area contributed by atoms with Crippen molar-refractivity contribution < 1.29 is 14.3 Å². The van der Waals surface area contributed by atoms with Crippen LogP contribution in [0.5, 0.6) is 11.5 Å². The molecule has 0 saturated carbocycles. The molecule has 2 amide bonds. The van der Waals surface area contributed by atoms with Crippen molar-refractivity contribution in [2.24, 2.45) is 5.92 Å². The predicted molar refractivity (Wildman–Crippen MR) is 104 cm³/mol. The van der Waals surface area contributed by atoms with Crippen molar-refractivity contribution in [1.82, 2.24) is 10.2 Å². The summed E-state index contributed by atoms with van der Waals surface area (Å²) in [5.41, 5.74) is 2.11. The Hall–Kier alpha value is -2.69. The SMILES string of the molecule is COc1ccc(CN(C)C(=O)N[C@@H](c2ccc(OC)cc2)C(C)C)cc1. The Balaban J connectivity index is 2.03. The fourth-order valence-corrected chi connectivity index (χ4v) is 2.77. The molecule has 0 saturated heterocycles. The van der Waals surface area contributed by atoms with E-state index >= 15 is 0 Å². The zero-order chi connectivity index (χ0) is 19.1. The maximum Gasteiger partial charge on any atom is 0.317 e. The number of rotatable bonds is 7. The number of hydrogen-bond acceptors (Lipinski definition) is 3. The molecule has 0 spiro atoms. The van der Waals surface area contributed by atoms with E-state index < -0.39 is 0 Å². The van der Waals surface area contributed by atoms with Gasteiger partial charge in [-0.3, -0.25) is 0 Å². The van der Waals surface area contributed by atoms with Gasteiger partial charge in [-0.1, -0.05) is 38.1 Å². The van der Waals surface area contributed by atoms with E-state index in [1.807, 2.05) is 48.5 Å². The molecule has 0 aliphatic rings. The third kappa shape index (κ3) is 5.15. The Labute approximate surface area is 155 Å². The third-order valence-corrected chi connectivity index (χ3v) is 4.35. The first kappa shape index (κ1) is 19.6. The van der Waals surface area contributed by atoms with Crippen LogP contribution in [0.1, 0.15) is 31.0 Å². The minimum atomic E-state index is -0.102. The molecule has 5 heteroatoms. The second-order valence-corrected chi connectivity index (χ2v) is 6.65. The maximum atomic E-state index is 12.6. The number of carbonyl (C=O) groups is 1. The zero-order valence-corrected chi connectivity index (χ0v) is 16.2. The van der Waals surface area contributed by atoms with Crippen LogP contribution in [0.4, 0.5) is 4.79 Å². The van der Waals surface area contributed by atoms with E-state index in [4.69, 9.17) is 9.47 Å². The molecular formula is C21H28N2O3. The van der Waals surface area contributed by atoms with Gasteiger partial charge in [0.15, 0.2) is 0 Å². The van der Waals surface area contributed by atoms with E-state index in [0.717, 1.165) is 22.6 Å². The Morgan fingerprint density at radius 1 is 0.962 bits per heavy atom. The summed E-state index contributed by atoms with van der Waals surface area (Å²) in [6.07, 6.45) is 0. The summed E-state index contributed by atoms with van der Waals surface area (Å²) < 4.78 is 10.4. The largest absolute Gasteiger partial charge is 0.497 e. The van der Waals surface area contributed by atoms with E-state index in [0.29, 0.717) is 6.54 Å².